The summed E-state index contributed by atoms with van der Waals surface area (Å²) in [7, 11) is 1.49. The number of hydrogen-bond donors (Lipinski definition) is 3. The number of ether oxygens (including phenoxy) is 1. The second kappa shape index (κ2) is 8.11. The highest BCUT2D eigenvalue weighted by Crippen LogP contribution is 2.39. The van der Waals surface area contributed by atoms with E-state index in [9.17, 15) is 18.4 Å². The Bertz CT molecular complexity index is 861. The molecule has 144 valence electrons. The molecule has 7 nitrogen and oxygen atoms in total. The lowest BCUT2D eigenvalue weighted by atomic mass is 10.0. The topological polar surface area (TPSA) is 127 Å². The second-order valence-electron chi connectivity index (χ2n) is 5.71. The van der Waals surface area contributed by atoms with E-state index in [1.165, 1.54) is 25.2 Å². The van der Waals surface area contributed by atoms with E-state index in [1.807, 2.05) is 6.07 Å². The monoisotopic (exact) mass is 380 g/mol. The van der Waals surface area contributed by atoms with Gasteiger partial charge in [-0.2, -0.15) is 18.4 Å². The summed E-state index contributed by atoms with van der Waals surface area (Å²) < 4.78 is 45.5. The molecule has 6 N–H and O–H groups in total. The Kier molecular flexibility index (Phi) is 6.09. The molecule has 1 aromatic carbocycles. The molecule has 0 radical (unpaired) electrons. The van der Waals surface area contributed by atoms with Gasteiger partial charge in [0.05, 0.1) is 29.2 Å². The quantitative estimate of drug-likeness (QED) is 0.398. The Morgan fingerprint density at radius 1 is 1.30 bits per heavy atom. The van der Waals surface area contributed by atoms with E-state index in [2.05, 4.69) is 4.98 Å². The molecule has 0 aliphatic carbocycles. The van der Waals surface area contributed by atoms with Crippen LogP contribution in [0.5, 0.6) is 5.75 Å². The van der Waals surface area contributed by atoms with Crippen molar-refractivity contribution in [2.45, 2.75) is 12.6 Å². The van der Waals surface area contributed by atoms with Crippen LogP contribution in [0.2, 0.25) is 0 Å². The lowest BCUT2D eigenvalue weighted by Crippen LogP contribution is -2.26. The third-order valence-electron chi connectivity index (χ3n) is 3.71. The lowest BCUT2D eigenvalue weighted by molar-refractivity contribution is -0.138. The average Bonchev–Trinajstić information content (AvgIpc) is 2.61. The van der Waals surface area contributed by atoms with Crippen molar-refractivity contribution >= 4 is 11.4 Å². The molecule has 0 spiro atoms. The van der Waals surface area contributed by atoms with Crippen molar-refractivity contribution < 1.29 is 17.9 Å². The number of alkyl halides is 3. The fraction of sp³-hybridized carbons (Fsp3) is 0.294. The molecule has 0 fully saturated rings. The van der Waals surface area contributed by atoms with Crippen LogP contribution in [0.4, 0.5) is 24.5 Å². The van der Waals surface area contributed by atoms with Crippen LogP contribution in [0, 0.1) is 11.3 Å². The molecule has 1 aromatic heterocycles. The van der Waals surface area contributed by atoms with E-state index < -0.39 is 11.7 Å². The van der Waals surface area contributed by atoms with Crippen LogP contribution >= 0.6 is 0 Å². The Hall–Kier alpha value is -3.03. The molecule has 0 saturated heterocycles. The number of nitrogen functional groups attached to an aromatic ring is 1. The molecule has 10 heteroatoms. The summed E-state index contributed by atoms with van der Waals surface area (Å²) in [5.41, 5.74) is 10.7. The molecule has 0 unspecified atom stereocenters. The maximum Gasteiger partial charge on any atom is 0.419 e. The van der Waals surface area contributed by atoms with Gasteiger partial charge >= 0.3 is 6.18 Å². The van der Waals surface area contributed by atoms with Crippen LogP contribution in [0.1, 0.15) is 17.7 Å². The number of benzene rings is 1. The van der Waals surface area contributed by atoms with Crippen molar-refractivity contribution in [3.63, 3.8) is 0 Å². The van der Waals surface area contributed by atoms with Crippen molar-refractivity contribution in [3.8, 4) is 23.1 Å². The number of rotatable bonds is 6. The lowest BCUT2D eigenvalue weighted by Gasteiger charge is -2.18. The molecular formula is C17H19F3N6O. The highest BCUT2D eigenvalue weighted by Gasteiger charge is 2.35. The first kappa shape index (κ1) is 20.3. The minimum Gasteiger partial charge on any atom is -0.493 e. The standard InChI is InChI=1S/C17H19F3N6O/c1-26(24)14-8-12(25-13(9-22)16(14)23)10-3-4-15(27-6-2-5-21)11(7-10)17(18,19)20/h3-4,7-8H,2,5-6,21,23-24H2,1H3. The molecule has 0 aliphatic rings. The minimum absolute atomic E-state index is 0.0454. The van der Waals surface area contributed by atoms with Gasteiger partial charge in [-0.3, -0.25) is 0 Å². The number of halogens is 3. The molecule has 0 amide bonds. The molecule has 0 bridgehead atoms. The summed E-state index contributed by atoms with van der Waals surface area (Å²) in [6.45, 7) is 0.376. The molecule has 2 aromatic rings. The van der Waals surface area contributed by atoms with E-state index >= 15 is 0 Å². The smallest absolute Gasteiger partial charge is 0.419 e. The van der Waals surface area contributed by atoms with Crippen molar-refractivity contribution in [2.24, 2.45) is 11.6 Å². The molecule has 0 atom stereocenters. The van der Waals surface area contributed by atoms with Gasteiger partial charge in [0.15, 0.2) is 5.69 Å². The SMILES string of the molecule is CN(N)c1cc(-c2ccc(OCCCN)c(C(F)(F)F)c2)nc(C#N)c1N. The van der Waals surface area contributed by atoms with Crippen molar-refractivity contribution in [1.29, 1.82) is 5.26 Å². The summed E-state index contributed by atoms with van der Waals surface area (Å²) in [6.07, 6.45) is -4.20. The first-order chi connectivity index (χ1) is 12.7. The van der Waals surface area contributed by atoms with E-state index in [1.54, 1.807) is 0 Å². The number of nitrogens with zero attached hydrogens (tertiary/aromatic N) is 3. The van der Waals surface area contributed by atoms with Crippen LogP contribution in [-0.4, -0.2) is 25.2 Å². The highest BCUT2D eigenvalue weighted by molar-refractivity contribution is 5.78. The Balaban J connectivity index is 2.56. The first-order valence-electron chi connectivity index (χ1n) is 7.92. The van der Waals surface area contributed by atoms with Gasteiger partial charge < -0.3 is 21.2 Å². The Morgan fingerprint density at radius 3 is 2.56 bits per heavy atom. The highest BCUT2D eigenvalue weighted by atomic mass is 19.4. The van der Waals surface area contributed by atoms with Gasteiger partial charge in [-0.15, -0.1) is 0 Å². The van der Waals surface area contributed by atoms with Crippen LogP contribution in [0.15, 0.2) is 24.3 Å². The third kappa shape index (κ3) is 4.58. The molecule has 0 saturated carbocycles. The first-order valence-corrected chi connectivity index (χ1v) is 7.92. The molecular weight excluding hydrogens is 361 g/mol. The van der Waals surface area contributed by atoms with Gasteiger partial charge in [0, 0.05) is 12.6 Å². The number of aromatic nitrogens is 1. The van der Waals surface area contributed by atoms with Crippen LogP contribution in [0.3, 0.4) is 0 Å². The predicted octanol–water partition coefficient (Wildman–Crippen LogP) is 2.26. The second-order valence-corrected chi connectivity index (χ2v) is 5.71. The van der Waals surface area contributed by atoms with Crippen LogP contribution in [-0.2, 0) is 6.18 Å². The Labute approximate surface area is 154 Å². The zero-order valence-electron chi connectivity index (χ0n) is 14.5. The number of anilines is 2. The maximum absolute atomic E-state index is 13.4. The fourth-order valence-corrected chi connectivity index (χ4v) is 2.37. The van der Waals surface area contributed by atoms with Gasteiger partial charge in [-0.25, -0.2) is 10.8 Å². The van der Waals surface area contributed by atoms with E-state index in [0.717, 1.165) is 11.1 Å². The largest absolute Gasteiger partial charge is 0.493 e. The zero-order valence-corrected chi connectivity index (χ0v) is 14.5. The fourth-order valence-electron chi connectivity index (χ4n) is 2.37. The Morgan fingerprint density at radius 2 is 2.00 bits per heavy atom. The van der Waals surface area contributed by atoms with Crippen molar-refractivity contribution in [3.05, 3.63) is 35.5 Å². The van der Waals surface area contributed by atoms with Gasteiger partial charge in [0.1, 0.15) is 11.8 Å². The van der Waals surface area contributed by atoms with Gasteiger partial charge in [-0.05, 0) is 37.2 Å². The maximum atomic E-state index is 13.4. The van der Waals surface area contributed by atoms with Crippen molar-refractivity contribution in [1.82, 2.24) is 4.98 Å². The van der Waals surface area contributed by atoms with Crippen LogP contribution < -0.4 is 27.1 Å². The number of nitrogens with two attached hydrogens (primary N) is 3. The summed E-state index contributed by atoms with van der Waals surface area (Å²) in [6, 6.07) is 6.78. The molecule has 27 heavy (non-hydrogen) atoms. The van der Waals surface area contributed by atoms with Crippen molar-refractivity contribution in [2.75, 3.05) is 30.9 Å². The molecule has 1 heterocycles. The predicted molar refractivity (Wildman–Crippen MR) is 95.6 cm³/mol. The number of hydrazine groups is 1. The van der Waals surface area contributed by atoms with E-state index in [4.69, 9.17) is 22.0 Å². The van der Waals surface area contributed by atoms with Gasteiger partial charge in [-0.1, -0.05) is 0 Å². The van der Waals surface area contributed by atoms with Gasteiger partial charge in [0.2, 0.25) is 0 Å². The van der Waals surface area contributed by atoms with E-state index in [0.29, 0.717) is 13.0 Å². The van der Waals surface area contributed by atoms with Crippen LogP contribution in [0.25, 0.3) is 11.3 Å². The number of hydrogen-bond acceptors (Lipinski definition) is 7. The molecule has 2 rings (SSSR count). The summed E-state index contributed by atoms with van der Waals surface area (Å²) in [4.78, 5) is 4.04. The third-order valence-corrected chi connectivity index (χ3v) is 3.71. The minimum atomic E-state index is -4.63. The summed E-state index contributed by atoms with van der Waals surface area (Å²) >= 11 is 0. The summed E-state index contributed by atoms with van der Waals surface area (Å²) in [5, 5.41) is 10.3. The normalized spacial score (nSPS) is 11.1. The number of nitriles is 1. The molecule has 0 aliphatic heterocycles. The summed E-state index contributed by atoms with van der Waals surface area (Å²) in [5.74, 6) is 5.38. The average molecular weight is 380 g/mol. The zero-order chi connectivity index (χ0) is 20.2. The number of pyridine rings is 1. The van der Waals surface area contributed by atoms with E-state index in [-0.39, 0.29) is 40.7 Å². The van der Waals surface area contributed by atoms with Gasteiger partial charge in [0.25, 0.3) is 0 Å².